The predicted octanol–water partition coefficient (Wildman–Crippen LogP) is 1.59. The maximum absolute atomic E-state index is 11.6. The van der Waals surface area contributed by atoms with Crippen LogP contribution in [0.15, 0.2) is 9.95 Å². The van der Waals surface area contributed by atoms with Crippen molar-refractivity contribution in [2.75, 3.05) is 0 Å². The topological polar surface area (TPSA) is 76.7 Å². The molecule has 1 saturated carbocycles. The number of hydrogen-bond acceptors (Lipinski definition) is 4. The van der Waals surface area contributed by atoms with E-state index in [1.807, 2.05) is 0 Å². The number of thioether (sulfide) groups is 1. The summed E-state index contributed by atoms with van der Waals surface area (Å²) in [7, 11) is 0. The zero-order valence-electron chi connectivity index (χ0n) is 11.3. The van der Waals surface area contributed by atoms with E-state index < -0.39 is 0 Å². The third kappa shape index (κ3) is 2.49. The molecule has 0 radical (unpaired) electrons. The van der Waals surface area contributed by atoms with Gasteiger partial charge in [0.2, 0.25) is 0 Å². The first-order chi connectivity index (χ1) is 8.45. The summed E-state index contributed by atoms with van der Waals surface area (Å²) in [6.45, 7) is 7.19. The second kappa shape index (κ2) is 5.09. The summed E-state index contributed by atoms with van der Waals surface area (Å²) in [6, 6.07) is 0.157. The standard InChI is InChI=1S/C12H22N4OS/c1-4-7-16-10(17)14-15-11(16)18-8-5-6-12(2,3)9(8)13/h8-9H,4-7,13H2,1-3H3,(H,14,17). The molecule has 0 bridgehead atoms. The molecule has 1 aliphatic carbocycles. The molecule has 0 spiro atoms. The van der Waals surface area contributed by atoms with Crippen LogP contribution in [0.2, 0.25) is 0 Å². The Bertz CT molecular complexity index is 465. The molecular weight excluding hydrogens is 248 g/mol. The first-order valence-corrected chi connectivity index (χ1v) is 7.41. The maximum atomic E-state index is 11.6. The molecule has 1 fully saturated rings. The SMILES string of the molecule is CCCn1c(SC2CCC(C)(C)C2N)n[nH]c1=O. The fourth-order valence-electron chi connectivity index (χ4n) is 2.45. The average Bonchev–Trinajstić information content (AvgIpc) is 2.77. The molecule has 1 aromatic heterocycles. The fraction of sp³-hybridized carbons (Fsp3) is 0.833. The molecule has 3 N–H and O–H groups in total. The van der Waals surface area contributed by atoms with Crippen LogP contribution in [0.1, 0.15) is 40.0 Å². The molecule has 5 nitrogen and oxygen atoms in total. The van der Waals surface area contributed by atoms with Gasteiger partial charge in [0.05, 0.1) is 0 Å². The van der Waals surface area contributed by atoms with Crippen LogP contribution in [0, 0.1) is 5.41 Å². The lowest BCUT2D eigenvalue weighted by molar-refractivity contribution is 0.334. The molecule has 0 aromatic carbocycles. The molecule has 1 aromatic rings. The van der Waals surface area contributed by atoms with Gasteiger partial charge < -0.3 is 5.73 Å². The van der Waals surface area contributed by atoms with Gasteiger partial charge in [-0.15, -0.1) is 5.10 Å². The van der Waals surface area contributed by atoms with Gasteiger partial charge in [0.15, 0.2) is 5.16 Å². The van der Waals surface area contributed by atoms with Gasteiger partial charge in [0.25, 0.3) is 0 Å². The summed E-state index contributed by atoms with van der Waals surface area (Å²) in [6.07, 6.45) is 3.15. The van der Waals surface area contributed by atoms with Crippen molar-refractivity contribution in [3.8, 4) is 0 Å². The van der Waals surface area contributed by atoms with E-state index in [4.69, 9.17) is 5.73 Å². The largest absolute Gasteiger partial charge is 0.343 e. The lowest BCUT2D eigenvalue weighted by Crippen LogP contribution is -2.38. The fourth-order valence-corrected chi connectivity index (χ4v) is 3.87. The molecule has 2 unspecified atom stereocenters. The summed E-state index contributed by atoms with van der Waals surface area (Å²) in [5, 5.41) is 7.77. The molecule has 6 heteroatoms. The number of rotatable bonds is 4. The van der Waals surface area contributed by atoms with Crippen molar-refractivity contribution < 1.29 is 0 Å². The van der Waals surface area contributed by atoms with Crippen LogP contribution in [0.5, 0.6) is 0 Å². The van der Waals surface area contributed by atoms with Crippen molar-refractivity contribution >= 4 is 11.8 Å². The highest BCUT2D eigenvalue weighted by Crippen LogP contribution is 2.43. The molecule has 18 heavy (non-hydrogen) atoms. The van der Waals surface area contributed by atoms with Crippen molar-refractivity contribution in [1.82, 2.24) is 14.8 Å². The Balaban J connectivity index is 2.13. The number of aromatic nitrogens is 3. The normalized spacial score (nSPS) is 26.7. The minimum atomic E-state index is -0.120. The van der Waals surface area contributed by atoms with E-state index in [1.165, 1.54) is 0 Å². The molecule has 2 atom stereocenters. The summed E-state index contributed by atoms with van der Waals surface area (Å²) in [5.41, 5.74) is 6.35. The monoisotopic (exact) mass is 270 g/mol. The van der Waals surface area contributed by atoms with Crippen LogP contribution < -0.4 is 11.4 Å². The van der Waals surface area contributed by atoms with Crippen LogP contribution in [0.3, 0.4) is 0 Å². The van der Waals surface area contributed by atoms with Gasteiger partial charge in [-0.3, -0.25) is 4.57 Å². The van der Waals surface area contributed by atoms with Crippen molar-refractivity contribution in [1.29, 1.82) is 0 Å². The van der Waals surface area contributed by atoms with E-state index in [0.29, 0.717) is 11.8 Å². The Morgan fingerprint density at radius 2 is 2.33 bits per heavy atom. The van der Waals surface area contributed by atoms with E-state index >= 15 is 0 Å². The number of aromatic amines is 1. The van der Waals surface area contributed by atoms with E-state index in [9.17, 15) is 4.79 Å². The quantitative estimate of drug-likeness (QED) is 0.871. The molecule has 0 aliphatic heterocycles. The summed E-state index contributed by atoms with van der Waals surface area (Å²) < 4.78 is 1.71. The van der Waals surface area contributed by atoms with Gasteiger partial charge in [-0.1, -0.05) is 32.5 Å². The van der Waals surface area contributed by atoms with Gasteiger partial charge in [-0.05, 0) is 24.7 Å². The first kappa shape index (κ1) is 13.7. The highest BCUT2D eigenvalue weighted by Gasteiger charge is 2.40. The summed E-state index contributed by atoms with van der Waals surface area (Å²) in [5.74, 6) is 0. The lowest BCUT2D eigenvalue weighted by atomic mass is 9.88. The van der Waals surface area contributed by atoms with Crippen molar-refractivity contribution in [3.05, 3.63) is 10.5 Å². The van der Waals surface area contributed by atoms with Crippen LogP contribution in [-0.4, -0.2) is 26.1 Å². The van der Waals surface area contributed by atoms with Crippen LogP contribution in [0.25, 0.3) is 0 Å². The number of hydrogen-bond donors (Lipinski definition) is 2. The minimum Gasteiger partial charge on any atom is -0.326 e. The zero-order chi connectivity index (χ0) is 13.3. The number of H-pyrrole nitrogens is 1. The van der Waals surface area contributed by atoms with Crippen LogP contribution in [-0.2, 0) is 6.54 Å². The zero-order valence-corrected chi connectivity index (χ0v) is 12.1. The maximum Gasteiger partial charge on any atom is 0.343 e. The number of nitrogens with zero attached hydrogens (tertiary/aromatic N) is 2. The smallest absolute Gasteiger partial charge is 0.326 e. The van der Waals surface area contributed by atoms with Gasteiger partial charge in [-0.25, -0.2) is 9.89 Å². The Hall–Kier alpha value is -0.750. The average molecular weight is 270 g/mol. The Labute approximate surface area is 112 Å². The number of nitrogens with one attached hydrogen (secondary N) is 1. The van der Waals surface area contributed by atoms with Gasteiger partial charge >= 0.3 is 5.69 Å². The summed E-state index contributed by atoms with van der Waals surface area (Å²) >= 11 is 1.64. The number of nitrogens with two attached hydrogens (primary N) is 1. The van der Waals surface area contributed by atoms with E-state index in [2.05, 4.69) is 31.0 Å². The molecule has 0 amide bonds. The van der Waals surface area contributed by atoms with Gasteiger partial charge in [0.1, 0.15) is 0 Å². The van der Waals surface area contributed by atoms with E-state index in [-0.39, 0.29) is 17.1 Å². The third-order valence-corrected chi connectivity index (χ3v) is 5.16. The van der Waals surface area contributed by atoms with Gasteiger partial charge in [0, 0.05) is 17.8 Å². The van der Waals surface area contributed by atoms with Crippen molar-refractivity contribution in [2.24, 2.45) is 11.1 Å². The van der Waals surface area contributed by atoms with Crippen molar-refractivity contribution in [2.45, 2.75) is 63.0 Å². The molecular formula is C12H22N4OS. The Morgan fingerprint density at radius 3 is 2.89 bits per heavy atom. The second-order valence-electron chi connectivity index (χ2n) is 5.67. The van der Waals surface area contributed by atoms with Crippen LogP contribution >= 0.6 is 11.8 Å². The molecule has 1 heterocycles. The van der Waals surface area contributed by atoms with E-state index in [0.717, 1.165) is 24.4 Å². The predicted molar refractivity (Wildman–Crippen MR) is 73.8 cm³/mol. The molecule has 1 aliphatic rings. The highest BCUT2D eigenvalue weighted by molar-refractivity contribution is 7.99. The van der Waals surface area contributed by atoms with Crippen LogP contribution in [0.4, 0.5) is 0 Å². The highest BCUT2D eigenvalue weighted by atomic mass is 32.2. The summed E-state index contributed by atoms with van der Waals surface area (Å²) in [4.78, 5) is 11.6. The second-order valence-corrected chi connectivity index (χ2v) is 6.88. The lowest BCUT2D eigenvalue weighted by Gasteiger charge is -2.26. The van der Waals surface area contributed by atoms with E-state index in [1.54, 1.807) is 16.3 Å². The minimum absolute atomic E-state index is 0.120. The third-order valence-electron chi connectivity index (χ3n) is 3.80. The van der Waals surface area contributed by atoms with Crippen molar-refractivity contribution in [3.63, 3.8) is 0 Å². The van der Waals surface area contributed by atoms with Gasteiger partial charge in [-0.2, -0.15) is 0 Å². The molecule has 2 rings (SSSR count). The molecule has 102 valence electrons. The Kier molecular flexibility index (Phi) is 3.87. The first-order valence-electron chi connectivity index (χ1n) is 6.53. The molecule has 0 saturated heterocycles. The Morgan fingerprint density at radius 1 is 1.61 bits per heavy atom.